The van der Waals surface area contributed by atoms with Crippen LogP contribution in [0.2, 0.25) is 0 Å². The zero-order chi connectivity index (χ0) is 16.6. The normalized spacial score (nSPS) is 13.0. The highest BCUT2D eigenvalue weighted by atomic mass is 127. The Balaban J connectivity index is 0.00000484. The molecule has 0 radical (unpaired) electrons. The van der Waals surface area contributed by atoms with Crippen LogP contribution in [0.25, 0.3) is 0 Å². The number of thioether (sulfide) groups is 1. The highest BCUT2D eigenvalue weighted by Crippen LogP contribution is 2.19. The van der Waals surface area contributed by atoms with Gasteiger partial charge in [0.1, 0.15) is 6.10 Å². The number of benzene rings is 1. The first kappa shape index (κ1) is 22.3. The van der Waals surface area contributed by atoms with Crippen LogP contribution in [0.4, 0.5) is 4.39 Å². The van der Waals surface area contributed by atoms with Crippen molar-refractivity contribution >= 4 is 41.7 Å². The van der Waals surface area contributed by atoms with E-state index in [0.29, 0.717) is 12.5 Å². The Kier molecular flexibility index (Phi) is 10.6. The van der Waals surface area contributed by atoms with Crippen molar-refractivity contribution in [2.45, 2.75) is 31.6 Å². The van der Waals surface area contributed by atoms with Gasteiger partial charge in [-0.15, -0.1) is 24.0 Å². The van der Waals surface area contributed by atoms with Crippen LogP contribution in [0.15, 0.2) is 29.3 Å². The van der Waals surface area contributed by atoms with Crippen molar-refractivity contribution in [3.05, 3.63) is 30.1 Å². The number of nitrogens with one attached hydrogen (secondary N) is 2. The van der Waals surface area contributed by atoms with Crippen LogP contribution < -0.4 is 15.4 Å². The lowest BCUT2D eigenvalue weighted by molar-refractivity contribution is 0.214. The fraction of sp³-hybridized carbons (Fsp3) is 0.562. The summed E-state index contributed by atoms with van der Waals surface area (Å²) in [4.78, 5) is 4.18. The van der Waals surface area contributed by atoms with Gasteiger partial charge in [0.2, 0.25) is 0 Å². The lowest BCUT2D eigenvalue weighted by Gasteiger charge is -2.24. The van der Waals surface area contributed by atoms with E-state index in [2.05, 4.69) is 35.7 Å². The SMILES string of the molecule is CN=C(NCC(C)Oc1ccccc1F)NCC(C)(C)SC.I. The van der Waals surface area contributed by atoms with Crippen LogP contribution in [0, 0.1) is 5.82 Å². The summed E-state index contributed by atoms with van der Waals surface area (Å²) in [7, 11) is 1.73. The third-order valence-corrected chi connectivity index (χ3v) is 4.43. The van der Waals surface area contributed by atoms with Gasteiger partial charge in [0.05, 0.1) is 6.54 Å². The van der Waals surface area contributed by atoms with Gasteiger partial charge in [0.15, 0.2) is 17.5 Å². The van der Waals surface area contributed by atoms with E-state index < -0.39 is 0 Å². The average Bonchev–Trinajstić information content (AvgIpc) is 2.50. The molecule has 4 nitrogen and oxygen atoms in total. The molecule has 1 aromatic rings. The van der Waals surface area contributed by atoms with Crippen molar-refractivity contribution in [3.63, 3.8) is 0 Å². The zero-order valence-electron chi connectivity index (χ0n) is 14.4. The van der Waals surface area contributed by atoms with Gasteiger partial charge >= 0.3 is 0 Å². The van der Waals surface area contributed by atoms with Gasteiger partial charge < -0.3 is 15.4 Å². The second kappa shape index (κ2) is 11.0. The number of nitrogens with zero attached hydrogens (tertiary/aromatic N) is 1. The second-order valence-corrected chi connectivity index (χ2v) is 7.14. The van der Waals surface area contributed by atoms with Crippen LogP contribution in [0.3, 0.4) is 0 Å². The first-order valence-electron chi connectivity index (χ1n) is 7.29. The standard InChI is InChI=1S/C16H26FN3OS.HI/c1-12(21-14-9-7-6-8-13(14)17)10-19-15(18-4)20-11-16(2,3)22-5;/h6-9,12H,10-11H2,1-5H3,(H2,18,19,20);1H. The Hall–Kier alpha value is -0.700. The number of guanidine groups is 1. The molecule has 0 amide bonds. The molecule has 0 bridgehead atoms. The third kappa shape index (κ3) is 8.64. The van der Waals surface area contributed by atoms with Gasteiger partial charge in [-0.05, 0) is 39.2 Å². The molecule has 2 N–H and O–H groups in total. The summed E-state index contributed by atoms with van der Waals surface area (Å²) in [6.07, 6.45) is 1.91. The maximum atomic E-state index is 13.5. The fourth-order valence-electron chi connectivity index (χ4n) is 1.63. The molecule has 132 valence electrons. The molecule has 0 aliphatic carbocycles. The first-order valence-corrected chi connectivity index (χ1v) is 8.51. The minimum Gasteiger partial charge on any atom is -0.486 e. The van der Waals surface area contributed by atoms with Crippen molar-refractivity contribution in [2.24, 2.45) is 4.99 Å². The number of halogens is 2. The third-order valence-electron chi connectivity index (χ3n) is 3.18. The largest absolute Gasteiger partial charge is 0.486 e. The predicted molar refractivity (Wildman–Crippen MR) is 109 cm³/mol. The van der Waals surface area contributed by atoms with E-state index in [1.165, 1.54) is 6.07 Å². The fourth-order valence-corrected chi connectivity index (χ4v) is 1.84. The van der Waals surface area contributed by atoms with Crippen molar-refractivity contribution in [2.75, 3.05) is 26.4 Å². The molecule has 0 aromatic heterocycles. The summed E-state index contributed by atoms with van der Waals surface area (Å²) in [6.45, 7) is 7.56. The molecule has 0 aliphatic heterocycles. The Morgan fingerprint density at radius 2 is 2.00 bits per heavy atom. The molecular formula is C16H27FIN3OS. The van der Waals surface area contributed by atoms with Crippen molar-refractivity contribution in [3.8, 4) is 5.75 Å². The minimum atomic E-state index is -0.349. The highest BCUT2D eigenvalue weighted by Gasteiger charge is 2.16. The van der Waals surface area contributed by atoms with Crippen molar-refractivity contribution < 1.29 is 9.13 Å². The van der Waals surface area contributed by atoms with Gasteiger partial charge in [-0.2, -0.15) is 11.8 Å². The number of aliphatic imine (C=N–C) groups is 1. The van der Waals surface area contributed by atoms with E-state index in [9.17, 15) is 4.39 Å². The number of rotatable bonds is 7. The first-order chi connectivity index (χ1) is 10.4. The van der Waals surface area contributed by atoms with E-state index in [1.807, 2.05) is 6.92 Å². The van der Waals surface area contributed by atoms with Crippen molar-refractivity contribution in [1.29, 1.82) is 0 Å². The summed E-state index contributed by atoms with van der Waals surface area (Å²) in [5.41, 5.74) is 0. The van der Waals surface area contributed by atoms with Gasteiger partial charge in [-0.25, -0.2) is 4.39 Å². The monoisotopic (exact) mass is 455 g/mol. The van der Waals surface area contributed by atoms with Crippen molar-refractivity contribution in [1.82, 2.24) is 10.6 Å². The molecule has 0 heterocycles. The maximum absolute atomic E-state index is 13.5. The van der Waals surface area contributed by atoms with Gasteiger partial charge in [-0.1, -0.05) is 12.1 Å². The van der Waals surface area contributed by atoms with Crippen LogP contribution in [0.1, 0.15) is 20.8 Å². The topological polar surface area (TPSA) is 45.7 Å². The summed E-state index contributed by atoms with van der Waals surface area (Å²) in [5, 5.41) is 6.47. The lowest BCUT2D eigenvalue weighted by Crippen LogP contribution is -2.45. The predicted octanol–water partition coefficient (Wildman–Crippen LogP) is 3.52. The minimum absolute atomic E-state index is 0. The van der Waals surface area contributed by atoms with Gasteiger partial charge in [0.25, 0.3) is 0 Å². The molecule has 0 aliphatic rings. The van der Waals surface area contributed by atoms with Gasteiger partial charge in [-0.3, -0.25) is 4.99 Å². The number of hydrogen-bond donors (Lipinski definition) is 2. The Morgan fingerprint density at radius 1 is 1.35 bits per heavy atom. The van der Waals surface area contributed by atoms with Crippen LogP contribution in [-0.4, -0.2) is 43.2 Å². The molecule has 1 unspecified atom stereocenters. The zero-order valence-corrected chi connectivity index (χ0v) is 17.5. The van der Waals surface area contributed by atoms with E-state index in [0.717, 1.165) is 6.54 Å². The molecule has 0 fully saturated rings. The van der Waals surface area contributed by atoms with E-state index in [4.69, 9.17) is 4.74 Å². The number of ether oxygens (including phenoxy) is 1. The summed E-state index contributed by atoms with van der Waals surface area (Å²) in [5.74, 6) is 0.632. The summed E-state index contributed by atoms with van der Waals surface area (Å²) < 4.78 is 19.2. The molecule has 1 rings (SSSR count). The Bertz CT molecular complexity index is 500. The molecule has 1 atom stereocenters. The molecule has 7 heteroatoms. The van der Waals surface area contributed by atoms with Crippen LogP contribution >= 0.6 is 35.7 Å². The van der Waals surface area contributed by atoms with E-state index in [1.54, 1.807) is 37.0 Å². The second-order valence-electron chi connectivity index (χ2n) is 5.63. The van der Waals surface area contributed by atoms with Crippen LogP contribution in [0.5, 0.6) is 5.75 Å². The smallest absolute Gasteiger partial charge is 0.191 e. The molecular weight excluding hydrogens is 428 g/mol. The molecule has 1 aromatic carbocycles. The average molecular weight is 455 g/mol. The number of hydrogen-bond acceptors (Lipinski definition) is 3. The van der Waals surface area contributed by atoms with Gasteiger partial charge in [0, 0.05) is 18.3 Å². The van der Waals surface area contributed by atoms with E-state index in [-0.39, 0.29) is 46.4 Å². The summed E-state index contributed by atoms with van der Waals surface area (Å²) in [6, 6.07) is 6.41. The molecule has 23 heavy (non-hydrogen) atoms. The lowest BCUT2D eigenvalue weighted by atomic mass is 10.2. The molecule has 0 saturated carbocycles. The quantitative estimate of drug-likeness (QED) is 0.375. The number of para-hydroxylation sites is 1. The molecule has 0 spiro atoms. The Labute approximate surface area is 160 Å². The molecule has 0 saturated heterocycles. The maximum Gasteiger partial charge on any atom is 0.191 e. The Morgan fingerprint density at radius 3 is 2.57 bits per heavy atom. The van der Waals surface area contributed by atoms with Crippen LogP contribution in [-0.2, 0) is 0 Å². The summed E-state index contributed by atoms with van der Waals surface area (Å²) >= 11 is 1.80. The van der Waals surface area contributed by atoms with E-state index >= 15 is 0 Å². The highest BCUT2D eigenvalue weighted by molar-refractivity contribution is 14.0.